The number of nitrogens with two attached hydrogens (primary N) is 1. The van der Waals surface area contributed by atoms with Gasteiger partial charge in [-0.2, -0.15) is 4.98 Å². The largest absolute Gasteiger partial charge is 0.339 e. The van der Waals surface area contributed by atoms with E-state index in [0.29, 0.717) is 22.3 Å². The summed E-state index contributed by atoms with van der Waals surface area (Å²) in [6, 6.07) is 4.51. The first-order chi connectivity index (χ1) is 9.52. The summed E-state index contributed by atoms with van der Waals surface area (Å²) >= 11 is 5.98. The van der Waals surface area contributed by atoms with Crippen LogP contribution in [0.15, 0.2) is 22.7 Å². The van der Waals surface area contributed by atoms with Gasteiger partial charge in [0.1, 0.15) is 5.82 Å². The van der Waals surface area contributed by atoms with Crippen molar-refractivity contribution in [2.45, 2.75) is 38.6 Å². The predicted octanol–water partition coefficient (Wildman–Crippen LogP) is 3.29. The van der Waals surface area contributed by atoms with Crippen LogP contribution in [0.1, 0.15) is 43.5 Å². The molecule has 0 aliphatic carbocycles. The zero-order valence-electron chi connectivity index (χ0n) is 11.4. The van der Waals surface area contributed by atoms with Gasteiger partial charge in [0, 0.05) is 23.0 Å². The average Bonchev–Trinajstić information content (AvgIpc) is 2.90. The fourth-order valence-corrected chi connectivity index (χ4v) is 2.15. The van der Waals surface area contributed by atoms with Gasteiger partial charge >= 0.3 is 0 Å². The molecule has 0 spiro atoms. The number of hydrogen-bond acceptors (Lipinski definition) is 4. The van der Waals surface area contributed by atoms with Crippen molar-refractivity contribution in [1.82, 2.24) is 10.1 Å². The van der Waals surface area contributed by atoms with Crippen LogP contribution in [0.25, 0.3) is 0 Å². The van der Waals surface area contributed by atoms with E-state index in [1.807, 2.05) is 13.8 Å². The van der Waals surface area contributed by atoms with E-state index in [2.05, 4.69) is 10.1 Å². The van der Waals surface area contributed by atoms with Crippen molar-refractivity contribution >= 4 is 11.6 Å². The van der Waals surface area contributed by atoms with Crippen LogP contribution in [0.4, 0.5) is 4.39 Å². The zero-order valence-corrected chi connectivity index (χ0v) is 12.2. The van der Waals surface area contributed by atoms with Crippen LogP contribution in [0, 0.1) is 5.82 Å². The summed E-state index contributed by atoms with van der Waals surface area (Å²) in [5, 5.41) is 4.22. The van der Waals surface area contributed by atoms with Crippen LogP contribution in [-0.2, 0) is 6.42 Å². The fourth-order valence-electron chi connectivity index (χ4n) is 1.92. The molecule has 0 aliphatic rings. The van der Waals surface area contributed by atoms with Gasteiger partial charge in [-0.3, -0.25) is 0 Å². The van der Waals surface area contributed by atoms with Crippen LogP contribution < -0.4 is 5.73 Å². The highest BCUT2D eigenvalue weighted by Gasteiger charge is 2.20. The highest BCUT2D eigenvalue weighted by atomic mass is 35.5. The van der Waals surface area contributed by atoms with Gasteiger partial charge in [-0.1, -0.05) is 36.7 Å². The maximum Gasteiger partial charge on any atom is 0.231 e. The van der Waals surface area contributed by atoms with Gasteiger partial charge in [0.25, 0.3) is 0 Å². The zero-order chi connectivity index (χ0) is 14.7. The quantitative estimate of drug-likeness (QED) is 0.919. The van der Waals surface area contributed by atoms with E-state index >= 15 is 0 Å². The van der Waals surface area contributed by atoms with Crippen molar-refractivity contribution < 1.29 is 8.91 Å². The number of halogens is 2. The molecule has 108 valence electrons. The molecule has 1 aromatic carbocycles. The molecule has 6 heteroatoms. The second kappa shape index (κ2) is 6.33. The number of nitrogens with zero attached hydrogens (tertiary/aromatic N) is 2. The lowest BCUT2D eigenvalue weighted by atomic mass is 10.0. The molecule has 2 atom stereocenters. The average molecular weight is 298 g/mol. The van der Waals surface area contributed by atoms with Gasteiger partial charge in [0.2, 0.25) is 5.89 Å². The number of hydrogen-bond donors (Lipinski definition) is 1. The summed E-state index contributed by atoms with van der Waals surface area (Å²) in [6.07, 6.45) is 1.01. The third-order valence-corrected chi connectivity index (χ3v) is 3.74. The molecule has 0 aliphatic heterocycles. The first-order valence-electron chi connectivity index (χ1n) is 6.53. The molecule has 2 N–H and O–H groups in total. The Morgan fingerprint density at radius 2 is 2.20 bits per heavy atom. The monoisotopic (exact) mass is 297 g/mol. The lowest BCUT2D eigenvalue weighted by Gasteiger charge is -2.13. The van der Waals surface area contributed by atoms with Crippen LogP contribution in [0.2, 0.25) is 5.02 Å². The second-order valence-electron chi connectivity index (χ2n) is 4.79. The van der Waals surface area contributed by atoms with E-state index in [1.165, 1.54) is 6.07 Å². The summed E-state index contributed by atoms with van der Waals surface area (Å²) in [7, 11) is 0. The molecular formula is C14H17ClFN3O. The number of aromatic nitrogens is 2. The Hall–Kier alpha value is -1.46. The van der Waals surface area contributed by atoms with Crippen molar-refractivity contribution in [3.05, 3.63) is 46.3 Å². The Kier molecular flexibility index (Phi) is 4.73. The minimum atomic E-state index is -0.373. The summed E-state index contributed by atoms with van der Waals surface area (Å²) < 4.78 is 18.9. The highest BCUT2D eigenvalue weighted by Crippen LogP contribution is 2.23. The summed E-state index contributed by atoms with van der Waals surface area (Å²) in [5.74, 6) is 0.475. The van der Waals surface area contributed by atoms with Crippen molar-refractivity contribution in [3.8, 4) is 0 Å². The summed E-state index contributed by atoms with van der Waals surface area (Å²) in [4.78, 5) is 4.27. The van der Waals surface area contributed by atoms with E-state index in [1.54, 1.807) is 12.1 Å². The van der Waals surface area contributed by atoms with E-state index in [4.69, 9.17) is 21.9 Å². The smallest absolute Gasteiger partial charge is 0.231 e. The molecule has 0 saturated carbocycles. The van der Waals surface area contributed by atoms with Crippen molar-refractivity contribution in [1.29, 1.82) is 0 Å². The standard InChI is InChI=1S/C14H17ClFN3O/c1-3-12(17)8(2)14-18-13(19-20-14)7-9-10(15)5-4-6-11(9)16/h4-6,8,12H,3,7,17H2,1-2H3. The molecule has 2 rings (SSSR count). The Bertz CT molecular complexity index is 567. The molecule has 0 bridgehead atoms. The molecule has 20 heavy (non-hydrogen) atoms. The van der Waals surface area contributed by atoms with Gasteiger partial charge in [0.05, 0.1) is 5.92 Å². The lowest BCUT2D eigenvalue weighted by Crippen LogP contribution is -2.25. The molecule has 0 amide bonds. The molecule has 1 heterocycles. The van der Waals surface area contributed by atoms with Gasteiger partial charge < -0.3 is 10.3 Å². The Morgan fingerprint density at radius 3 is 2.85 bits per heavy atom. The number of benzene rings is 1. The summed E-state index contributed by atoms with van der Waals surface area (Å²) in [5.41, 5.74) is 6.32. The molecule has 2 unspecified atom stereocenters. The molecule has 0 radical (unpaired) electrons. The Balaban J connectivity index is 2.18. The van der Waals surface area contributed by atoms with E-state index in [9.17, 15) is 4.39 Å². The Labute approximate surface area is 122 Å². The SMILES string of the molecule is CCC(N)C(C)c1nc(Cc2c(F)cccc2Cl)no1. The van der Waals surface area contributed by atoms with Crippen molar-refractivity contribution in [2.75, 3.05) is 0 Å². The normalized spacial score (nSPS) is 14.2. The highest BCUT2D eigenvalue weighted by molar-refractivity contribution is 6.31. The van der Waals surface area contributed by atoms with Crippen LogP contribution in [-0.4, -0.2) is 16.2 Å². The second-order valence-corrected chi connectivity index (χ2v) is 5.19. The third-order valence-electron chi connectivity index (χ3n) is 3.38. The van der Waals surface area contributed by atoms with E-state index in [-0.39, 0.29) is 24.2 Å². The van der Waals surface area contributed by atoms with Crippen molar-refractivity contribution in [3.63, 3.8) is 0 Å². The molecule has 1 aromatic heterocycles. The first kappa shape index (κ1) is 14.9. The maximum atomic E-state index is 13.7. The van der Waals surface area contributed by atoms with Gasteiger partial charge in [-0.25, -0.2) is 4.39 Å². The van der Waals surface area contributed by atoms with Crippen LogP contribution in [0.5, 0.6) is 0 Å². The first-order valence-corrected chi connectivity index (χ1v) is 6.91. The van der Waals surface area contributed by atoms with Gasteiger partial charge in [-0.15, -0.1) is 0 Å². The molecule has 4 nitrogen and oxygen atoms in total. The van der Waals surface area contributed by atoms with E-state index < -0.39 is 0 Å². The third kappa shape index (κ3) is 3.16. The van der Waals surface area contributed by atoms with Gasteiger partial charge in [0.15, 0.2) is 5.82 Å². The lowest BCUT2D eigenvalue weighted by molar-refractivity contribution is 0.337. The Morgan fingerprint density at radius 1 is 1.45 bits per heavy atom. The molecule has 0 fully saturated rings. The fraction of sp³-hybridized carbons (Fsp3) is 0.429. The van der Waals surface area contributed by atoms with Crippen molar-refractivity contribution in [2.24, 2.45) is 5.73 Å². The van der Waals surface area contributed by atoms with E-state index in [0.717, 1.165) is 6.42 Å². The minimum Gasteiger partial charge on any atom is -0.339 e. The van der Waals surface area contributed by atoms with Crippen LogP contribution >= 0.6 is 11.6 Å². The predicted molar refractivity (Wildman–Crippen MR) is 75.2 cm³/mol. The molecule has 0 saturated heterocycles. The maximum absolute atomic E-state index is 13.7. The number of rotatable bonds is 5. The summed E-state index contributed by atoms with van der Waals surface area (Å²) in [6.45, 7) is 3.93. The molecular weight excluding hydrogens is 281 g/mol. The van der Waals surface area contributed by atoms with Gasteiger partial charge in [-0.05, 0) is 18.6 Å². The van der Waals surface area contributed by atoms with Crippen LogP contribution in [0.3, 0.4) is 0 Å². The topological polar surface area (TPSA) is 64.9 Å². The molecule has 2 aromatic rings. The minimum absolute atomic E-state index is 0.0302.